The van der Waals surface area contributed by atoms with Gasteiger partial charge in [0.1, 0.15) is 13.1 Å². The van der Waals surface area contributed by atoms with E-state index in [9.17, 15) is 9.90 Å². The third-order valence-electron chi connectivity index (χ3n) is 6.98. The van der Waals surface area contributed by atoms with E-state index in [2.05, 4.69) is 16.5 Å². The van der Waals surface area contributed by atoms with Crippen molar-refractivity contribution in [3.63, 3.8) is 0 Å². The summed E-state index contributed by atoms with van der Waals surface area (Å²) in [7, 11) is 0. The summed E-state index contributed by atoms with van der Waals surface area (Å²) in [6, 6.07) is 0.376. The average molecular weight is 429 g/mol. The van der Waals surface area contributed by atoms with E-state index in [4.69, 9.17) is 5.10 Å². The fourth-order valence-corrected chi connectivity index (χ4v) is 5.26. The van der Waals surface area contributed by atoms with Crippen molar-refractivity contribution in [2.45, 2.75) is 76.8 Å². The van der Waals surface area contributed by atoms with Crippen molar-refractivity contribution in [2.24, 2.45) is 0 Å². The van der Waals surface area contributed by atoms with Gasteiger partial charge in [-0.1, -0.05) is 18.9 Å². The highest BCUT2D eigenvalue weighted by molar-refractivity contribution is 5.94. The van der Waals surface area contributed by atoms with Crippen LogP contribution in [0, 0.1) is 0 Å². The molecule has 2 N–H and O–H groups in total. The van der Waals surface area contributed by atoms with E-state index in [0.717, 1.165) is 89.7 Å². The number of nitrogens with one attached hydrogen (secondary N) is 1. The Morgan fingerprint density at radius 1 is 1.23 bits per heavy atom. The molecule has 3 aliphatic rings. The molecule has 0 aromatic carbocycles. The minimum absolute atomic E-state index is 0.113. The van der Waals surface area contributed by atoms with E-state index in [1.165, 1.54) is 18.5 Å². The molecule has 0 saturated carbocycles. The van der Waals surface area contributed by atoms with Gasteiger partial charge in [0.05, 0.1) is 13.0 Å². The maximum absolute atomic E-state index is 13.4. The molecule has 1 amide bonds. The van der Waals surface area contributed by atoms with Crippen LogP contribution >= 0.6 is 0 Å². The first-order chi connectivity index (χ1) is 15.2. The summed E-state index contributed by atoms with van der Waals surface area (Å²) in [6.07, 6.45) is 12.3. The molecule has 1 atom stereocenters. The number of hydrogen-bond acceptors (Lipinski definition) is 3. The Balaban J connectivity index is 1.40. The van der Waals surface area contributed by atoms with Crippen molar-refractivity contribution in [1.29, 1.82) is 0 Å². The number of amides is 1. The molecule has 170 valence electrons. The molecule has 1 aliphatic carbocycles. The number of likely N-dealkylation sites (tertiary alicyclic amines) is 1. The van der Waals surface area contributed by atoms with Crippen LogP contribution in [-0.4, -0.2) is 74.9 Å². The zero-order chi connectivity index (χ0) is 21.6. The first-order valence-corrected chi connectivity index (χ1v) is 12.2. The number of fused-ring (bicyclic) bond motifs is 1. The minimum Gasteiger partial charge on any atom is -0.464 e. The fraction of sp³-hybridized carbons (Fsp3) is 0.708. The normalized spacial score (nSPS) is 21.8. The van der Waals surface area contributed by atoms with E-state index in [1.54, 1.807) is 0 Å². The highest BCUT2D eigenvalue weighted by Gasteiger charge is 2.31. The average Bonchev–Trinajstić information content (AvgIpc) is 3.22. The minimum atomic E-state index is 0.113. The molecule has 1 unspecified atom stereocenters. The smallest absolute Gasteiger partial charge is 0.334 e. The maximum Gasteiger partial charge on any atom is 0.334 e. The van der Waals surface area contributed by atoms with Crippen LogP contribution < -0.4 is 5.32 Å². The predicted molar refractivity (Wildman–Crippen MR) is 122 cm³/mol. The van der Waals surface area contributed by atoms with Crippen LogP contribution in [0.5, 0.6) is 0 Å². The Labute approximate surface area is 185 Å². The van der Waals surface area contributed by atoms with Crippen LogP contribution in [0.2, 0.25) is 0 Å². The van der Waals surface area contributed by atoms with Gasteiger partial charge in [0.25, 0.3) is 5.91 Å². The molecule has 7 heteroatoms. The maximum atomic E-state index is 13.4. The number of nitrogens with zero attached hydrogens (tertiary/aromatic N) is 4. The lowest BCUT2D eigenvalue weighted by atomic mass is 9.91. The van der Waals surface area contributed by atoms with Gasteiger partial charge >= 0.3 is 5.90 Å². The molecule has 1 aromatic heterocycles. The fourth-order valence-electron chi connectivity index (χ4n) is 5.26. The molecule has 1 fully saturated rings. The number of rotatable bonds is 8. The largest absolute Gasteiger partial charge is 0.464 e. The van der Waals surface area contributed by atoms with Crippen LogP contribution in [0.1, 0.15) is 73.1 Å². The highest BCUT2D eigenvalue weighted by Crippen LogP contribution is 2.27. The van der Waals surface area contributed by atoms with Gasteiger partial charge in [-0.05, 0) is 32.1 Å². The van der Waals surface area contributed by atoms with E-state index in [1.807, 2.05) is 15.7 Å². The Morgan fingerprint density at radius 2 is 2.03 bits per heavy atom. The van der Waals surface area contributed by atoms with E-state index in [-0.39, 0.29) is 5.91 Å². The van der Waals surface area contributed by atoms with Crippen molar-refractivity contribution < 1.29 is 14.5 Å². The van der Waals surface area contributed by atoms with E-state index in [0.29, 0.717) is 24.2 Å². The number of allylic oxidation sites excluding steroid dienone is 1. The quantitative estimate of drug-likeness (QED) is 0.379. The highest BCUT2D eigenvalue weighted by atomic mass is 16.3. The summed E-state index contributed by atoms with van der Waals surface area (Å²) in [5, 5.41) is 18.3. The van der Waals surface area contributed by atoms with Gasteiger partial charge in [0.2, 0.25) is 0 Å². The molecule has 0 radical (unpaired) electrons. The monoisotopic (exact) mass is 428 g/mol. The summed E-state index contributed by atoms with van der Waals surface area (Å²) >= 11 is 0. The van der Waals surface area contributed by atoms with Gasteiger partial charge in [-0.2, -0.15) is 5.10 Å². The molecule has 7 nitrogen and oxygen atoms in total. The zero-order valence-corrected chi connectivity index (χ0v) is 18.8. The van der Waals surface area contributed by atoms with Gasteiger partial charge in [0.15, 0.2) is 5.69 Å². The number of aliphatic hydroxyl groups is 1. The molecule has 31 heavy (non-hydrogen) atoms. The first-order valence-electron chi connectivity index (χ1n) is 12.2. The Hall–Kier alpha value is -2.15. The van der Waals surface area contributed by atoms with Gasteiger partial charge in [-0.3, -0.25) is 9.48 Å². The van der Waals surface area contributed by atoms with Crippen LogP contribution in [0.3, 0.4) is 0 Å². The van der Waals surface area contributed by atoms with Crippen LogP contribution in [0.15, 0.2) is 12.7 Å². The summed E-state index contributed by atoms with van der Waals surface area (Å²) in [5.74, 6) is 0.662. The zero-order valence-electron chi connectivity index (χ0n) is 18.8. The lowest BCUT2D eigenvalue weighted by Crippen LogP contribution is -2.37. The number of aliphatic hydroxyl groups excluding tert-OH is 1. The van der Waals surface area contributed by atoms with Crippen molar-refractivity contribution in [1.82, 2.24) is 20.0 Å². The Kier molecular flexibility index (Phi) is 7.43. The molecule has 0 bridgehead atoms. The summed E-state index contributed by atoms with van der Waals surface area (Å²) < 4.78 is 4.09. The van der Waals surface area contributed by atoms with Gasteiger partial charge in [0, 0.05) is 49.8 Å². The Bertz CT molecular complexity index is 820. The van der Waals surface area contributed by atoms with Crippen molar-refractivity contribution in [3.05, 3.63) is 29.6 Å². The summed E-state index contributed by atoms with van der Waals surface area (Å²) in [6.45, 7) is 9.05. The van der Waals surface area contributed by atoms with Crippen molar-refractivity contribution >= 4 is 11.8 Å². The summed E-state index contributed by atoms with van der Waals surface area (Å²) in [4.78, 5) is 15.4. The number of carbonyl (C=O) groups is 1. The molecule has 4 rings (SSSR count). The number of carbonyl (C=O) groups excluding carboxylic acids is 1. The van der Waals surface area contributed by atoms with Crippen molar-refractivity contribution in [3.8, 4) is 0 Å². The van der Waals surface area contributed by atoms with Crippen LogP contribution in [-0.2, 0) is 19.4 Å². The molecule has 1 saturated heterocycles. The van der Waals surface area contributed by atoms with Gasteiger partial charge in [-0.25, -0.2) is 4.58 Å². The lowest BCUT2D eigenvalue weighted by molar-refractivity contribution is -0.527. The SMILES string of the molecule is C=CCn1nc(C(=O)N2CCCCCC2)c2c1CCC(NCCC[N+]1=C(O)CCC1)C2. The van der Waals surface area contributed by atoms with E-state index < -0.39 is 0 Å². The van der Waals surface area contributed by atoms with Gasteiger partial charge < -0.3 is 15.3 Å². The molecular weight excluding hydrogens is 390 g/mol. The van der Waals surface area contributed by atoms with Crippen molar-refractivity contribution in [2.75, 3.05) is 32.7 Å². The number of hydrogen-bond donors (Lipinski definition) is 2. The van der Waals surface area contributed by atoms with E-state index >= 15 is 0 Å². The van der Waals surface area contributed by atoms with Crippen LogP contribution in [0.25, 0.3) is 0 Å². The first kappa shape index (κ1) is 22.1. The molecule has 2 aliphatic heterocycles. The molecule has 0 spiro atoms. The Morgan fingerprint density at radius 3 is 2.74 bits per heavy atom. The predicted octanol–water partition coefficient (Wildman–Crippen LogP) is 2.69. The molecular formula is C24H38N5O2+. The molecule has 1 aromatic rings. The lowest BCUT2D eigenvalue weighted by Gasteiger charge is -2.25. The van der Waals surface area contributed by atoms with Crippen LogP contribution in [0.4, 0.5) is 0 Å². The number of aromatic nitrogens is 2. The second-order valence-corrected chi connectivity index (χ2v) is 9.21. The van der Waals surface area contributed by atoms with Gasteiger partial charge in [-0.15, -0.1) is 6.58 Å². The summed E-state index contributed by atoms with van der Waals surface area (Å²) in [5.41, 5.74) is 3.03. The third-order valence-corrected chi connectivity index (χ3v) is 6.98. The third kappa shape index (κ3) is 5.20. The molecule has 3 heterocycles. The topological polar surface area (TPSA) is 73.4 Å². The second kappa shape index (κ2) is 10.4. The standard InChI is InChI=1S/C24H37N5O2/c1-2-13-29-21-11-10-19(25-12-8-17-27-16-7-9-22(27)30)18-20(21)23(26-29)24(31)28-14-5-3-4-6-15-28/h2,19,25H,1,3-18H2/p+1. The second-order valence-electron chi connectivity index (χ2n) is 9.21.